The molecule has 136 valence electrons. The van der Waals surface area contributed by atoms with Crippen LogP contribution in [-0.2, 0) is 9.59 Å². The van der Waals surface area contributed by atoms with E-state index in [0.717, 1.165) is 12.0 Å². The highest BCUT2D eigenvalue weighted by molar-refractivity contribution is 6.30. The molecule has 5 nitrogen and oxygen atoms in total. The Hall–Kier alpha value is -2.53. The molecule has 0 aliphatic carbocycles. The molecule has 2 aromatic carbocycles. The van der Waals surface area contributed by atoms with Crippen LogP contribution in [0.1, 0.15) is 23.5 Å². The number of piperazine rings is 1. The molecule has 0 aromatic heterocycles. The molecule has 0 spiro atoms. The third-order valence-electron chi connectivity index (χ3n) is 4.76. The van der Waals surface area contributed by atoms with E-state index in [1.807, 2.05) is 30.3 Å². The Labute approximate surface area is 157 Å². The van der Waals surface area contributed by atoms with Crippen molar-refractivity contribution in [3.63, 3.8) is 0 Å². The SMILES string of the molecule is O=CN1CCN(C(=O)C[C@@H](c2ccccc2)c2cc(Cl)ccc2O)CC1. The molecule has 1 atom stereocenters. The standard InChI is InChI=1S/C20H21ClN2O3/c21-16-6-7-19(25)18(12-16)17(15-4-2-1-3-5-15)13-20(26)23-10-8-22(14-24)9-11-23/h1-7,12,14,17,25H,8-11,13H2/t17-/m0/s1. The fourth-order valence-electron chi connectivity index (χ4n) is 3.28. The van der Waals surface area contributed by atoms with Gasteiger partial charge in [-0.1, -0.05) is 41.9 Å². The zero-order valence-corrected chi connectivity index (χ0v) is 15.1. The van der Waals surface area contributed by atoms with E-state index >= 15 is 0 Å². The average molecular weight is 373 g/mol. The monoisotopic (exact) mass is 372 g/mol. The minimum atomic E-state index is -0.286. The summed E-state index contributed by atoms with van der Waals surface area (Å²) in [5.41, 5.74) is 1.59. The molecule has 1 N–H and O–H groups in total. The maximum atomic E-state index is 12.9. The van der Waals surface area contributed by atoms with Crippen LogP contribution in [0.2, 0.25) is 5.02 Å². The van der Waals surface area contributed by atoms with Crippen LogP contribution < -0.4 is 0 Å². The second kappa shape index (κ2) is 8.23. The fraction of sp³-hybridized carbons (Fsp3) is 0.300. The third kappa shape index (κ3) is 4.17. The lowest BCUT2D eigenvalue weighted by Crippen LogP contribution is -2.48. The number of rotatable bonds is 5. The normalized spacial score (nSPS) is 15.6. The van der Waals surface area contributed by atoms with E-state index in [1.54, 1.807) is 28.0 Å². The van der Waals surface area contributed by atoms with Crippen LogP contribution in [-0.4, -0.2) is 53.4 Å². The minimum Gasteiger partial charge on any atom is -0.508 e. The summed E-state index contributed by atoms with van der Waals surface area (Å²) in [5.74, 6) is -0.155. The number of hydrogen-bond acceptors (Lipinski definition) is 3. The number of carbonyl (C=O) groups excluding carboxylic acids is 2. The van der Waals surface area contributed by atoms with Gasteiger partial charge in [0.1, 0.15) is 5.75 Å². The van der Waals surface area contributed by atoms with Gasteiger partial charge in [0.15, 0.2) is 0 Å². The van der Waals surface area contributed by atoms with Gasteiger partial charge in [0.05, 0.1) is 0 Å². The van der Waals surface area contributed by atoms with Crippen molar-refractivity contribution in [1.29, 1.82) is 0 Å². The second-order valence-electron chi connectivity index (χ2n) is 6.39. The van der Waals surface area contributed by atoms with E-state index < -0.39 is 0 Å². The van der Waals surface area contributed by atoms with Crippen molar-refractivity contribution < 1.29 is 14.7 Å². The van der Waals surface area contributed by atoms with Crippen LogP contribution in [0.4, 0.5) is 0 Å². The van der Waals surface area contributed by atoms with Gasteiger partial charge in [-0.25, -0.2) is 0 Å². The van der Waals surface area contributed by atoms with E-state index in [2.05, 4.69) is 0 Å². The first-order valence-electron chi connectivity index (χ1n) is 8.59. The predicted octanol–water partition coefficient (Wildman–Crippen LogP) is 2.87. The Morgan fingerprint density at radius 2 is 1.81 bits per heavy atom. The van der Waals surface area contributed by atoms with Crippen LogP contribution in [0.15, 0.2) is 48.5 Å². The first-order chi connectivity index (χ1) is 12.6. The molecule has 26 heavy (non-hydrogen) atoms. The average Bonchev–Trinajstić information content (AvgIpc) is 2.68. The quantitative estimate of drug-likeness (QED) is 0.821. The fourth-order valence-corrected chi connectivity index (χ4v) is 3.46. The molecule has 0 unspecified atom stereocenters. The van der Waals surface area contributed by atoms with Crippen LogP contribution in [0.25, 0.3) is 0 Å². The number of hydrogen-bond donors (Lipinski definition) is 1. The first kappa shape index (κ1) is 18.3. The first-order valence-corrected chi connectivity index (χ1v) is 8.96. The summed E-state index contributed by atoms with van der Waals surface area (Å²) < 4.78 is 0. The van der Waals surface area contributed by atoms with E-state index in [0.29, 0.717) is 36.8 Å². The number of phenolic OH excluding ortho intramolecular Hbond substituents is 1. The Kier molecular flexibility index (Phi) is 5.78. The summed E-state index contributed by atoms with van der Waals surface area (Å²) in [6.07, 6.45) is 1.05. The van der Waals surface area contributed by atoms with Gasteiger partial charge in [-0.2, -0.15) is 0 Å². The summed E-state index contributed by atoms with van der Waals surface area (Å²) in [7, 11) is 0. The molecule has 1 saturated heterocycles. The van der Waals surface area contributed by atoms with Gasteiger partial charge in [0.2, 0.25) is 12.3 Å². The zero-order valence-electron chi connectivity index (χ0n) is 14.3. The summed E-state index contributed by atoms with van der Waals surface area (Å²) in [6.45, 7) is 2.16. The van der Waals surface area contributed by atoms with Crippen LogP contribution in [0.5, 0.6) is 5.75 Å². The molecule has 0 saturated carbocycles. The maximum absolute atomic E-state index is 12.9. The molecule has 1 heterocycles. The summed E-state index contributed by atoms with van der Waals surface area (Å²) >= 11 is 6.12. The Bertz CT molecular complexity index is 774. The Balaban J connectivity index is 1.84. The molecule has 3 rings (SSSR count). The lowest BCUT2D eigenvalue weighted by Gasteiger charge is -2.33. The molecule has 2 amide bonds. The highest BCUT2D eigenvalue weighted by Gasteiger charge is 2.26. The van der Waals surface area contributed by atoms with Gasteiger partial charge in [-0.15, -0.1) is 0 Å². The van der Waals surface area contributed by atoms with Crippen molar-refractivity contribution in [2.24, 2.45) is 0 Å². The summed E-state index contributed by atoms with van der Waals surface area (Å²) in [4.78, 5) is 27.1. The lowest BCUT2D eigenvalue weighted by atomic mass is 9.87. The van der Waals surface area contributed by atoms with E-state index in [-0.39, 0.29) is 24.0 Å². The van der Waals surface area contributed by atoms with Crippen LogP contribution in [0.3, 0.4) is 0 Å². The number of aromatic hydroxyl groups is 1. The van der Waals surface area contributed by atoms with Gasteiger partial charge in [-0.05, 0) is 23.8 Å². The molecule has 1 aliphatic rings. The van der Waals surface area contributed by atoms with Crippen molar-refractivity contribution >= 4 is 23.9 Å². The van der Waals surface area contributed by atoms with Crippen molar-refractivity contribution in [3.05, 3.63) is 64.7 Å². The lowest BCUT2D eigenvalue weighted by molar-refractivity contribution is -0.135. The Morgan fingerprint density at radius 1 is 1.12 bits per heavy atom. The van der Waals surface area contributed by atoms with Gasteiger partial charge in [0.25, 0.3) is 0 Å². The molecular weight excluding hydrogens is 352 g/mol. The summed E-state index contributed by atoms with van der Waals surface area (Å²) in [5, 5.41) is 10.8. The smallest absolute Gasteiger partial charge is 0.223 e. The van der Waals surface area contributed by atoms with Crippen molar-refractivity contribution in [2.45, 2.75) is 12.3 Å². The number of amides is 2. The Morgan fingerprint density at radius 3 is 2.46 bits per heavy atom. The number of nitrogens with zero attached hydrogens (tertiary/aromatic N) is 2. The van der Waals surface area contributed by atoms with Crippen molar-refractivity contribution in [1.82, 2.24) is 9.80 Å². The molecule has 6 heteroatoms. The van der Waals surface area contributed by atoms with Gasteiger partial charge >= 0.3 is 0 Å². The summed E-state index contributed by atoms with van der Waals surface area (Å²) in [6, 6.07) is 14.5. The van der Waals surface area contributed by atoms with Crippen molar-refractivity contribution in [2.75, 3.05) is 26.2 Å². The van der Waals surface area contributed by atoms with Gasteiger partial charge in [0, 0.05) is 49.1 Å². The van der Waals surface area contributed by atoms with E-state index in [1.165, 1.54) is 0 Å². The highest BCUT2D eigenvalue weighted by Crippen LogP contribution is 2.36. The van der Waals surface area contributed by atoms with E-state index in [9.17, 15) is 14.7 Å². The zero-order chi connectivity index (χ0) is 18.5. The molecule has 1 aliphatic heterocycles. The van der Waals surface area contributed by atoms with Gasteiger partial charge in [-0.3, -0.25) is 9.59 Å². The van der Waals surface area contributed by atoms with Gasteiger partial charge < -0.3 is 14.9 Å². The largest absolute Gasteiger partial charge is 0.508 e. The van der Waals surface area contributed by atoms with Crippen LogP contribution in [0, 0.1) is 0 Å². The number of phenols is 1. The molecular formula is C20H21ClN2O3. The molecule has 2 aromatic rings. The number of benzene rings is 2. The van der Waals surface area contributed by atoms with E-state index in [4.69, 9.17) is 11.6 Å². The molecule has 1 fully saturated rings. The maximum Gasteiger partial charge on any atom is 0.223 e. The number of halogens is 1. The van der Waals surface area contributed by atoms with Crippen LogP contribution >= 0.6 is 11.6 Å². The topological polar surface area (TPSA) is 60.9 Å². The third-order valence-corrected chi connectivity index (χ3v) is 5.00. The second-order valence-corrected chi connectivity index (χ2v) is 6.83. The molecule has 0 bridgehead atoms. The molecule has 0 radical (unpaired) electrons. The highest BCUT2D eigenvalue weighted by atomic mass is 35.5. The minimum absolute atomic E-state index is 0.00350. The van der Waals surface area contributed by atoms with Crippen molar-refractivity contribution in [3.8, 4) is 5.75 Å². The number of carbonyl (C=O) groups is 2. The predicted molar refractivity (Wildman–Crippen MR) is 100 cm³/mol.